The van der Waals surface area contributed by atoms with Crippen LogP contribution in [0.2, 0.25) is 0 Å². The van der Waals surface area contributed by atoms with Gasteiger partial charge in [0.05, 0.1) is 5.56 Å². The zero-order valence-electron chi connectivity index (χ0n) is 12.9. The van der Waals surface area contributed by atoms with Crippen LogP contribution in [0.4, 0.5) is 5.82 Å². The highest BCUT2D eigenvalue weighted by atomic mass is 32.1. The van der Waals surface area contributed by atoms with E-state index in [1.54, 1.807) is 0 Å². The predicted molar refractivity (Wildman–Crippen MR) is 89.3 cm³/mol. The molecule has 1 aliphatic rings. The number of anilines is 1. The summed E-state index contributed by atoms with van der Waals surface area (Å²) in [7, 11) is 0. The molecule has 1 saturated carbocycles. The van der Waals surface area contributed by atoms with E-state index in [2.05, 4.69) is 24.1 Å². The zero-order valence-corrected chi connectivity index (χ0v) is 13.7. The van der Waals surface area contributed by atoms with Gasteiger partial charge >= 0.3 is 0 Å². The number of nitrogens with one attached hydrogen (secondary N) is 1. The Balaban J connectivity index is 2.19. The lowest BCUT2D eigenvalue weighted by atomic mass is 9.75. The van der Waals surface area contributed by atoms with Crippen molar-refractivity contribution in [3.63, 3.8) is 0 Å². The Morgan fingerprint density at radius 2 is 1.95 bits per heavy atom. The van der Waals surface area contributed by atoms with Crippen LogP contribution in [0.1, 0.15) is 56.4 Å². The van der Waals surface area contributed by atoms with Crippen molar-refractivity contribution in [2.24, 2.45) is 11.1 Å². The largest absolute Gasteiger partial charge is 0.389 e. The molecule has 0 aromatic carbocycles. The first kappa shape index (κ1) is 15.2. The second kappa shape index (κ2) is 5.68. The average Bonchev–Trinajstić information content (AvgIpc) is 2.30. The molecule has 1 aromatic rings. The van der Waals surface area contributed by atoms with Gasteiger partial charge in [-0.05, 0) is 56.6 Å². The number of pyridine rings is 1. The fourth-order valence-electron chi connectivity index (χ4n) is 2.99. The van der Waals surface area contributed by atoms with Crippen molar-refractivity contribution in [3.05, 3.63) is 22.9 Å². The SMILES string of the molecule is Cc1cc(C)c(C(N)=S)c(NC2CCC(C)(C)CC2)n1. The molecule has 1 aliphatic carbocycles. The number of hydrogen-bond donors (Lipinski definition) is 2. The normalized spacial score (nSPS) is 18.8. The van der Waals surface area contributed by atoms with Gasteiger partial charge in [-0.2, -0.15) is 0 Å². The molecular weight excluding hydrogens is 266 g/mol. The maximum Gasteiger partial charge on any atom is 0.136 e. The molecule has 1 fully saturated rings. The molecule has 3 N–H and O–H groups in total. The van der Waals surface area contributed by atoms with Crippen LogP contribution < -0.4 is 11.1 Å². The molecule has 4 heteroatoms. The number of aryl methyl sites for hydroxylation is 2. The maximum atomic E-state index is 5.87. The fraction of sp³-hybridized carbons (Fsp3) is 0.625. The van der Waals surface area contributed by atoms with Crippen molar-refractivity contribution in [2.75, 3.05) is 5.32 Å². The molecular formula is C16H25N3S. The molecule has 2 rings (SSSR count). The van der Waals surface area contributed by atoms with E-state index in [0.717, 1.165) is 22.6 Å². The molecule has 0 amide bonds. The van der Waals surface area contributed by atoms with Crippen molar-refractivity contribution < 1.29 is 0 Å². The van der Waals surface area contributed by atoms with Gasteiger partial charge in [0, 0.05) is 11.7 Å². The topological polar surface area (TPSA) is 50.9 Å². The number of rotatable bonds is 3. The third-order valence-corrected chi connectivity index (χ3v) is 4.48. The molecule has 1 aromatic heterocycles. The quantitative estimate of drug-likeness (QED) is 0.834. The molecule has 3 nitrogen and oxygen atoms in total. The van der Waals surface area contributed by atoms with Crippen molar-refractivity contribution in [3.8, 4) is 0 Å². The lowest BCUT2D eigenvalue weighted by molar-refractivity contribution is 0.232. The Labute approximate surface area is 127 Å². The summed E-state index contributed by atoms with van der Waals surface area (Å²) in [5.74, 6) is 0.861. The lowest BCUT2D eigenvalue weighted by Crippen LogP contribution is -2.31. The van der Waals surface area contributed by atoms with Gasteiger partial charge in [-0.15, -0.1) is 0 Å². The van der Waals surface area contributed by atoms with Gasteiger partial charge in [-0.1, -0.05) is 26.1 Å². The van der Waals surface area contributed by atoms with Crippen molar-refractivity contribution >= 4 is 23.0 Å². The van der Waals surface area contributed by atoms with Gasteiger partial charge in [-0.3, -0.25) is 0 Å². The van der Waals surface area contributed by atoms with Gasteiger partial charge in [0.1, 0.15) is 10.8 Å². The third kappa shape index (κ3) is 3.48. The van der Waals surface area contributed by atoms with E-state index < -0.39 is 0 Å². The average molecular weight is 291 g/mol. The van der Waals surface area contributed by atoms with E-state index in [1.165, 1.54) is 25.7 Å². The Bertz CT molecular complexity index is 513. The number of thiocarbonyl (C=S) groups is 1. The highest BCUT2D eigenvalue weighted by Crippen LogP contribution is 2.36. The fourth-order valence-corrected chi connectivity index (χ4v) is 3.25. The van der Waals surface area contributed by atoms with Crippen LogP contribution in [0.3, 0.4) is 0 Å². The molecule has 0 bridgehead atoms. The molecule has 0 spiro atoms. The minimum absolute atomic E-state index is 0.425. The Morgan fingerprint density at radius 1 is 1.35 bits per heavy atom. The molecule has 0 unspecified atom stereocenters. The lowest BCUT2D eigenvalue weighted by Gasteiger charge is -2.35. The number of nitrogens with zero attached hydrogens (tertiary/aromatic N) is 1. The van der Waals surface area contributed by atoms with Gasteiger partial charge in [0.15, 0.2) is 0 Å². The first-order chi connectivity index (χ1) is 9.28. The predicted octanol–water partition coefficient (Wildman–Crippen LogP) is 3.71. The van der Waals surface area contributed by atoms with Gasteiger partial charge in [-0.25, -0.2) is 4.98 Å². The Morgan fingerprint density at radius 3 is 2.50 bits per heavy atom. The molecule has 110 valence electrons. The van der Waals surface area contributed by atoms with Crippen LogP contribution in [-0.4, -0.2) is 16.0 Å². The minimum atomic E-state index is 0.425. The van der Waals surface area contributed by atoms with Crippen LogP contribution in [0.5, 0.6) is 0 Å². The van der Waals surface area contributed by atoms with Crippen LogP contribution >= 0.6 is 12.2 Å². The highest BCUT2D eigenvalue weighted by Gasteiger charge is 2.27. The summed E-state index contributed by atoms with van der Waals surface area (Å²) in [5.41, 5.74) is 9.34. The van der Waals surface area contributed by atoms with E-state index in [-0.39, 0.29) is 0 Å². The highest BCUT2D eigenvalue weighted by molar-refractivity contribution is 7.80. The second-order valence-corrected chi connectivity index (χ2v) is 7.19. The first-order valence-electron chi connectivity index (χ1n) is 7.33. The monoisotopic (exact) mass is 291 g/mol. The Kier molecular flexibility index (Phi) is 4.33. The van der Waals surface area contributed by atoms with Crippen LogP contribution in [0, 0.1) is 19.3 Å². The van der Waals surface area contributed by atoms with Crippen LogP contribution in [0.25, 0.3) is 0 Å². The summed E-state index contributed by atoms with van der Waals surface area (Å²) in [6.45, 7) is 8.74. The van der Waals surface area contributed by atoms with E-state index in [0.29, 0.717) is 16.4 Å². The summed E-state index contributed by atoms with van der Waals surface area (Å²) >= 11 is 5.18. The third-order valence-electron chi connectivity index (χ3n) is 4.27. The molecule has 1 heterocycles. The van der Waals surface area contributed by atoms with E-state index >= 15 is 0 Å². The summed E-state index contributed by atoms with van der Waals surface area (Å²) in [4.78, 5) is 5.03. The second-order valence-electron chi connectivity index (χ2n) is 6.75. The summed E-state index contributed by atoms with van der Waals surface area (Å²) < 4.78 is 0. The number of nitrogens with two attached hydrogens (primary N) is 1. The van der Waals surface area contributed by atoms with Gasteiger partial charge < -0.3 is 11.1 Å². The van der Waals surface area contributed by atoms with Crippen LogP contribution in [-0.2, 0) is 0 Å². The maximum absolute atomic E-state index is 5.87. The van der Waals surface area contributed by atoms with Gasteiger partial charge in [0.2, 0.25) is 0 Å². The van der Waals surface area contributed by atoms with E-state index in [9.17, 15) is 0 Å². The molecule has 0 atom stereocenters. The summed E-state index contributed by atoms with van der Waals surface area (Å²) in [6.07, 6.45) is 4.85. The Hall–Kier alpha value is -1.16. The van der Waals surface area contributed by atoms with Crippen molar-refractivity contribution in [2.45, 2.75) is 59.4 Å². The first-order valence-corrected chi connectivity index (χ1v) is 7.74. The number of aromatic nitrogens is 1. The molecule has 0 aliphatic heterocycles. The smallest absolute Gasteiger partial charge is 0.136 e. The molecule has 0 saturated heterocycles. The van der Waals surface area contributed by atoms with Crippen LogP contribution in [0.15, 0.2) is 6.07 Å². The molecule has 20 heavy (non-hydrogen) atoms. The minimum Gasteiger partial charge on any atom is -0.389 e. The number of hydrogen-bond acceptors (Lipinski definition) is 3. The van der Waals surface area contributed by atoms with Gasteiger partial charge in [0.25, 0.3) is 0 Å². The van der Waals surface area contributed by atoms with Crippen molar-refractivity contribution in [1.82, 2.24) is 4.98 Å². The standard InChI is InChI=1S/C16H25N3S/c1-10-9-11(2)18-15(13(10)14(17)20)19-12-5-7-16(3,4)8-6-12/h9,12H,5-8H2,1-4H3,(H2,17,20)(H,18,19). The zero-order chi connectivity index (χ0) is 14.9. The van der Waals surface area contributed by atoms with E-state index in [1.807, 2.05) is 19.9 Å². The molecule has 0 radical (unpaired) electrons. The summed E-state index contributed by atoms with van der Waals surface area (Å²) in [6, 6.07) is 2.51. The summed E-state index contributed by atoms with van der Waals surface area (Å²) in [5, 5.41) is 3.57. The van der Waals surface area contributed by atoms with E-state index in [4.69, 9.17) is 18.0 Å². The van der Waals surface area contributed by atoms with Crippen molar-refractivity contribution in [1.29, 1.82) is 0 Å².